The van der Waals surface area contributed by atoms with Gasteiger partial charge >= 0.3 is 12.1 Å². The van der Waals surface area contributed by atoms with E-state index in [2.05, 4.69) is 10.1 Å². The number of nitrogens with zero attached hydrogens (tertiary/aromatic N) is 3. The van der Waals surface area contributed by atoms with E-state index >= 15 is 0 Å². The number of hydrogen-bond donors (Lipinski definition) is 0. The van der Waals surface area contributed by atoms with E-state index in [1.165, 1.54) is 6.07 Å². The summed E-state index contributed by atoms with van der Waals surface area (Å²) in [6.07, 6.45) is -7.23. The second-order valence-corrected chi connectivity index (χ2v) is 6.66. The zero-order valence-corrected chi connectivity index (χ0v) is 14.0. The maximum Gasteiger partial charge on any atom is 0.435 e. The molecule has 0 aliphatic heterocycles. The first-order valence-corrected chi connectivity index (χ1v) is 7.90. The fraction of sp³-hybridized carbons (Fsp3) is 0.533. The number of imidazole rings is 1. The number of carbonyl (C=O) groups excluding carboxylic acids is 1. The van der Waals surface area contributed by atoms with Gasteiger partial charge in [0.15, 0.2) is 5.69 Å². The van der Waals surface area contributed by atoms with Crippen molar-refractivity contribution in [2.75, 3.05) is 0 Å². The van der Waals surface area contributed by atoms with Crippen LogP contribution >= 0.6 is 11.6 Å². The molecule has 2 aromatic rings. The minimum absolute atomic E-state index is 0.0802. The van der Waals surface area contributed by atoms with Crippen molar-refractivity contribution in [3.8, 4) is 0 Å². The van der Waals surface area contributed by atoms with Crippen molar-refractivity contribution in [3.05, 3.63) is 28.8 Å². The molecule has 0 unspecified atom stereocenters. The summed E-state index contributed by atoms with van der Waals surface area (Å²) in [6, 6.07) is 2.30. The fourth-order valence-electron chi connectivity index (χ4n) is 2.93. The number of carbonyl (C=O) groups is 1. The van der Waals surface area contributed by atoms with Crippen LogP contribution in [-0.4, -0.2) is 32.8 Å². The van der Waals surface area contributed by atoms with Crippen LogP contribution in [0.5, 0.6) is 0 Å². The molecule has 0 saturated heterocycles. The summed E-state index contributed by atoms with van der Waals surface area (Å²) in [6.45, 7) is 3.19. The molecule has 10 heteroatoms. The Hall–Kier alpha value is -1.90. The first kappa shape index (κ1) is 17.9. The Bertz CT molecular complexity index is 828. The lowest BCUT2D eigenvalue weighted by atomic mass is 9.66. The lowest BCUT2D eigenvalue weighted by Gasteiger charge is -2.40. The summed E-state index contributed by atoms with van der Waals surface area (Å²) in [5.41, 5.74) is -3.18. The first-order chi connectivity index (χ1) is 11.5. The van der Waals surface area contributed by atoms with Crippen molar-refractivity contribution in [2.24, 2.45) is 0 Å². The highest BCUT2D eigenvalue weighted by Crippen LogP contribution is 2.47. The van der Waals surface area contributed by atoms with E-state index in [-0.39, 0.29) is 29.3 Å². The minimum atomic E-state index is -4.76. The van der Waals surface area contributed by atoms with Crippen molar-refractivity contribution in [2.45, 2.75) is 50.6 Å². The highest BCUT2D eigenvalue weighted by molar-refractivity contribution is 6.29. The molecule has 3 rings (SSSR count). The van der Waals surface area contributed by atoms with Gasteiger partial charge in [-0.1, -0.05) is 11.6 Å². The van der Waals surface area contributed by atoms with Gasteiger partial charge in [-0.05, 0) is 26.0 Å². The number of aromatic nitrogens is 3. The number of fused-ring (bicyclic) bond motifs is 1. The van der Waals surface area contributed by atoms with Crippen LogP contribution in [0, 0.1) is 0 Å². The maximum atomic E-state index is 13.6. The summed E-state index contributed by atoms with van der Waals surface area (Å²) >= 11 is 5.79. The van der Waals surface area contributed by atoms with E-state index < -0.39 is 35.5 Å². The molecule has 0 bridgehead atoms. The molecule has 136 valence electrons. The molecule has 2 aromatic heterocycles. The number of rotatable bonds is 3. The number of halogens is 5. The summed E-state index contributed by atoms with van der Waals surface area (Å²) in [7, 11) is 0. The average molecular weight is 380 g/mol. The molecule has 1 saturated carbocycles. The van der Waals surface area contributed by atoms with Gasteiger partial charge in [0.1, 0.15) is 22.6 Å². The molecule has 0 radical (unpaired) electrons. The molecular formula is C15H14ClF4N3O2. The normalized spacial score (nSPS) is 23.8. The van der Waals surface area contributed by atoms with Gasteiger partial charge in [-0.25, -0.2) is 13.9 Å². The van der Waals surface area contributed by atoms with Gasteiger partial charge in [-0.3, -0.25) is 4.79 Å². The fourth-order valence-corrected chi connectivity index (χ4v) is 3.07. The van der Waals surface area contributed by atoms with Crippen molar-refractivity contribution in [1.29, 1.82) is 0 Å². The second-order valence-electron chi connectivity index (χ2n) is 6.28. The average Bonchev–Trinajstić information content (AvgIpc) is 2.81. The third kappa shape index (κ3) is 2.94. The third-order valence-corrected chi connectivity index (χ3v) is 4.23. The largest absolute Gasteiger partial charge is 0.462 e. The van der Waals surface area contributed by atoms with Crippen molar-refractivity contribution >= 4 is 23.1 Å². The summed E-state index contributed by atoms with van der Waals surface area (Å²) < 4.78 is 59.5. The van der Waals surface area contributed by atoms with E-state index in [4.69, 9.17) is 16.3 Å². The van der Waals surface area contributed by atoms with Crippen LogP contribution < -0.4 is 0 Å². The van der Waals surface area contributed by atoms with E-state index in [1.807, 2.05) is 0 Å². The standard InChI is InChI=1S/C15H14ClF4N3O2/c1-7(2)25-13(24)14(5-8(17)6-14)12-21-11(15(18,19)20)9-3-4-10(16)22-23(9)12/h3-4,7-8H,5-6H2,1-2H3. The number of ether oxygens (including phenoxy) is 1. The lowest BCUT2D eigenvalue weighted by Crippen LogP contribution is -2.51. The van der Waals surface area contributed by atoms with E-state index in [1.54, 1.807) is 13.8 Å². The van der Waals surface area contributed by atoms with Crippen LogP contribution in [-0.2, 0) is 21.1 Å². The highest BCUT2D eigenvalue weighted by atomic mass is 35.5. The highest BCUT2D eigenvalue weighted by Gasteiger charge is 2.57. The molecule has 25 heavy (non-hydrogen) atoms. The van der Waals surface area contributed by atoms with Gasteiger partial charge in [0, 0.05) is 12.8 Å². The predicted molar refractivity (Wildman–Crippen MR) is 80.0 cm³/mol. The molecule has 0 amide bonds. The van der Waals surface area contributed by atoms with Crippen LogP contribution in [0.2, 0.25) is 5.15 Å². The van der Waals surface area contributed by atoms with E-state index in [9.17, 15) is 22.4 Å². The Kier molecular flexibility index (Phi) is 4.17. The molecule has 1 aliphatic rings. The molecule has 1 aliphatic carbocycles. The molecule has 0 aromatic carbocycles. The topological polar surface area (TPSA) is 56.5 Å². The number of alkyl halides is 4. The van der Waals surface area contributed by atoms with Gasteiger partial charge in [0.2, 0.25) is 0 Å². The summed E-state index contributed by atoms with van der Waals surface area (Å²) in [5, 5.41) is 3.75. The Morgan fingerprint density at radius 2 is 2.04 bits per heavy atom. The third-order valence-electron chi connectivity index (χ3n) is 4.03. The minimum Gasteiger partial charge on any atom is -0.462 e. The molecule has 0 N–H and O–H groups in total. The smallest absolute Gasteiger partial charge is 0.435 e. The summed E-state index contributed by atoms with van der Waals surface area (Å²) in [5.74, 6) is -1.13. The van der Waals surface area contributed by atoms with Crippen molar-refractivity contribution < 1.29 is 27.1 Å². The maximum absolute atomic E-state index is 13.6. The van der Waals surface area contributed by atoms with Crippen LogP contribution in [0.15, 0.2) is 12.1 Å². The molecule has 5 nitrogen and oxygen atoms in total. The Morgan fingerprint density at radius 1 is 1.40 bits per heavy atom. The van der Waals surface area contributed by atoms with Crippen molar-refractivity contribution in [1.82, 2.24) is 14.6 Å². The van der Waals surface area contributed by atoms with Crippen LogP contribution in [0.1, 0.15) is 38.2 Å². The Morgan fingerprint density at radius 3 is 2.56 bits per heavy atom. The number of esters is 1. The molecule has 1 fully saturated rings. The predicted octanol–water partition coefficient (Wildman–Crippen LogP) is 3.72. The Balaban J connectivity index is 2.22. The Labute approximate surface area is 144 Å². The SMILES string of the molecule is CC(C)OC(=O)C1(c2nc(C(F)(F)F)c3ccc(Cl)nn23)CC(F)C1. The molecule has 0 atom stereocenters. The quantitative estimate of drug-likeness (QED) is 0.602. The summed E-state index contributed by atoms with van der Waals surface area (Å²) in [4.78, 5) is 16.1. The molecule has 2 heterocycles. The van der Waals surface area contributed by atoms with Crippen molar-refractivity contribution in [3.63, 3.8) is 0 Å². The van der Waals surface area contributed by atoms with Gasteiger partial charge in [0.05, 0.1) is 11.6 Å². The van der Waals surface area contributed by atoms with E-state index in [0.29, 0.717) is 0 Å². The van der Waals surface area contributed by atoms with Crippen LogP contribution in [0.3, 0.4) is 0 Å². The molecular weight excluding hydrogens is 366 g/mol. The first-order valence-electron chi connectivity index (χ1n) is 7.53. The van der Waals surface area contributed by atoms with Crippen LogP contribution in [0.4, 0.5) is 17.6 Å². The zero-order valence-electron chi connectivity index (χ0n) is 13.3. The van der Waals surface area contributed by atoms with Gasteiger partial charge < -0.3 is 4.74 Å². The molecule has 0 spiro atoms. The zero-order chi connectivity index (χ0) is 18.6. The van der Waals surface area contributed by atoms with E-state index in [0.717, 1.165) is 10.6 Å². The second kappa shape index (κ2) is 5.82. The van der Waals surface area contributed by atoms with Gasteiger partial charge in [-0.2, -0.15) is 18.3 Å². The van der Waals surface area contributed by atoms with Gasteiger partial charge in [-0.15, -0.1) is 0 Å². The monoisotopic (exact) mass is 379 g/mol. The lowest BCUT2D eigenvalue weighted by molar-refractivity contribution is -0.162. The van der Waals surface area contributed by atoms with Crippen LogP contribution in [0.25, 0.3) is 5.52 Å². The number of hydrogen-bond acceptors (Lipinski definition) is 4. The van der Waals surface area contributed by atoms with Gasteiger partial charge in [0.25, 0.3) is 0 Å².